The van der Waals surface area contributed by atoms with Gasteiger partial charge in [0.1, 0.15) is 11.5 Å². The number of benzene rings is 8. The van der Waals surface area contributed by atoms with Gasteiger partial charge in [0, 0.05) is 16.4 Å². The van der Waals surface area contributed by atoms with Crippen molar-refractivity contribution in [3.63, 3.8) is 0 Å². The van der Waals surface area contributed by atoms with Gasteiger partial charge in [0.25, 0.3) is 0 Å². The molecular weight excluding hydrogens is 581 g/mol. The van der Waals surface area contributed by atoms with Gasteiger partial charge in [-0.1, -0.05) is 135 Å². The smallest absolute Gasteiger partial charge is 0.135 e. The minimum atomic E-state index is -0.459. The second kappa shape index (κ2) is 10.0. The third kappa shape index (κ3) is 3.98. The molecule has 0 spiro atoms. The Morgan fingerprint density at radius 1 is 0.458 bits per heavy atom. The lowest BCUT2D eigenvalue weighted by atomic mass is 9.82. The van der Waals surface area contributed by atoms with Crippen molar-refractivity contribution in [1.29, 1.82) is 0 Å². The number of rotatable bonds is 3. The molecule has 226 valence electrons. The zero-order chi connectivity index (χ0) is 39.8. The molecule has 1 aliphatic heterocycles. The minimum Gasteiger partial charge on any atom is -0.456 e. The Morgan fingerprint density at radius 3 is 2.02 bits per heavy atom. The predicted molar refractivity (Wildman–Crippen MR) is 201 cm³/mol. The first-order valence-corrected chi connectivity index (χ1v) is 16.0. The van der Waals surface area contributed by atoms with Gasteiger partial charge < -0.3 is 4.74 Å². The van der Waals surface area contributed by atoms with Crippen molar-refractivity contribution >= 4 is 21.5 Å². The molecule has 1 nitrogen and oxygen atoms in total. The van der Waals surface area contributed by atoms with Crippen LogP contribution in [0.4, 0.5) is 0 Å². The molecule has 0 saturated heterocycles. The van der Waals surface area contributed by atoms with E-state index in [0.29, 0.717) is 44.5 Å². The summed E-state index contributed by atoms with van der Waals surface area (Å²) >= 11 is 0. The van der Waals surface area contributed by atoms with Crippen LogP contribution in [0.2, 0.25) is 0 Å². The Kier molecular flexibility index (Phi) is 4.11. The highest BCUT2D eigenvalue weighted by atomic mass is 16.5. The fourth-order valence-electron chi connectivity index (χ4n) is 7.59. The molecule has 1 aliphatic carbocycles. The summed E-state index contributed by atoms with van der Waals surface area (Å²) in [6.45, 7) is 4.45. The lowest BCUT2D eigenvalue weighted by molar-refractivity contribution is 0.487. The van der Waals surface area contributed by atoms with Crippen molar-refractivity contribution in [2.24, 2.45) is 0 Å². The van der Waals surface area contributed by atoms with Crippen LogP contribution in [0.1, 0.15) is 37.3 Å². The van der Waals surface area contributed by atoms with E-state index in [4.69, 9.17) is 11.6 Å². The largest absolute Gasteiger partial charge is 0.456 e. The molecular formula is C47H32O. The van der Waals surface area contributed by atoms with Gasteiger partial charge in [0.05, 0.1) is 12.3 Å². The van der Waals surface area contributed by atoms with Crippen LogP contribution in [0.15, 0.2) is 158 Å². The highest BCUT2D eigenvalue weighted by Gasteiger charge is 2.35. The molecule has 0 atom stereocenters. The first kappa shape index (κ1) is 19.7. The van der Waals surface area contributed by atoms with Gasteiger partial charge in [-0.2, -0.15) is 0 Å². The highest BCUT2D eigenvalue weighted by molar-refractivity contribution is 6.10. The summed E-state index contributed by atoms with van der Waals surface area (Å²) in [5.41, 5.74) is 8.21. The van der Waals surface area contributed by atoms with E-state index < -0.39 is 18.1 Å². The SMILES string of the molecule is [2H]c1c([2H])c([2H])c(-c2ccc3c4c(cccc24)-c2cc(-c4c([2H])c([2H])c(-c5ccc6cc7c(cc6c5)C(C)(C)c5ccccc5-7)c([2H])c4[2H])ccc2O3)c([2H])c1[2H]. The molecule has 0 bridgehead atoms. The van der Waals surface area contributed by atoms with Gasteiger partial charge in [-0.25, -0.2) is 0 Å². The van der Waals surface area contributed by atoms with Gasteiger partial charge in [-0.3, -0.25) is 0 Å². The van der Waals surface area contributed by atoms with Gasteiger partial charge in [-0.15, -0.1) is 0 Å². The summed E-state index contributed by atoms with van der Waals surface area (Å²) in [5, 5.41) is 3.33. The summed E-state index contributed by atoms with van der Waals surface area (Å²) in [6, 6.07) is 30.6. The molecule has 0 aromatic heterocycles. The summed E-state index contributed by atoms with van der Waals surface area (Å²) in [7, 11) is 0. The molecule has 1 heterocycles. The molecule has 10 rings (SSSR count). The van der Waals surface area contributed by atoms with Crippen molar-refractivity contribution in [3.8, 4) is 67.1 Å². The molecule has 0 unspecified atom stereocenters. The van der Waals surface area contributed by atoms with Gasteiger partial charge in [0.2, 0.25) is 0 Å². The summed E-state index contributed by atoms with van der Waals surface area (Å²) in [6.07, 6.45) is 0. The quantitative estimate of drug-likeness (QED) is 0.191. The first-order chi connectivity index (χ1) is 27.3. The van der Waals surface area contributed by atoms with Crippen LogP contribution < -0.4 is 4.74 Å². The lowest BCUT2D eigenvalue weighted by Gasteiger charge is -2.23. The molecule has 0 fully saturated rings. The van der Waals surface area contributed by atoms with Crippen LogP contribution in [0.3, 0.4) is 0 Å². The van der Waals surface area contributed by atoms with Crippen LogP contribution in [-0.2, 0) is 5.41 Å². The van der Waals surface area contributed by atoms with E-state index in [-0.39, 0.29) is 58.4 Å². The minimum absolute atomic E-state index is 0.0951. The monoisotopic (exact) mass is 621 g/mol. The number of fused-ring (bicyclic) bond motifs is 6. The Balaban J connectivity index is 1.09. The van der Waals surface area contributed by atoms with Crippen molar-refractivity contribution < 1.29 is 17.1 Å². The van der Waals surface area contributed by atoms with Crippen molar-refractivity contribution in [3.05, 3.63) is 169 Å². The highest BCUT2D eigenvalue weighted by Crippen LogP contribution is 2.51. The average Bonchev–Trinajstić information content (AvgIpc) is 3.43. The molecule has 0 N–H and O–H groups in total. The maximum atomic E-state index is 9.23. The van der Waals surface area contributed by atoms with E-state index in [9.17, 15) is 5.48 Å². The Labute approximate surface area is 293 Å². The third-order valence-corrected chi connectivity index (χ3v) is 10.0. The normalized spacial score (nSPS) is 16.2. The molecule has 0 amide bonds. The van der Waals surface area contributed by atoms with Crippen LogP contribution in [0.25, 0.3) is 77.2 Å². The Bertz CT molecular complexity index is 3070. The first-order valence-electron chi connectivity index (χ1n) is 20.5. The van der Waals surface area contributed by atoms with Crippen molar-refractivity contribution in [2.75, 3.05) is 0 Å². The average molecular weight is 622 g/mol. The zero-order valence-electron chi connectivity index (χ0n) is 35.2. The predicted octanol–water partition coefficient (Wildman–Crippen LogP) is 13.1. The Hall–Kier alpha value is -5.92. The van der Waals surface area contributed by atoms with Gasteiger partial charge in [0.15, 0.2) is 0 Å². The second-order valence-electron chi connectivity index (χ2n) is 13.0. The van der Waals surface area contributed by atoms with Gasteiger partial charge >= 0.3 is 0 Å². The molecule has 1 heteroatoms. The number of ether oxygens (including phenoxy) is 1. The number of hydrogen-bond donors (Lipinski definition) is 0. The summed E-state index contributed by atoms with van der Waals surface area (Å²) in [4.78, 5) is 0. The third-order valence-electron chi connectivity index (χ3n) is 10.0. The van der Waals surface area contributed by atoms with E-state index in [2.05, 4.69) is 50.2 Å². The maximum absolute atomic E-state index is 9.23. The van der Waals surface area contributed by atoms with Crippen LogP contribution in [-0.4, -0.2) is 0 Å². The van der Waals surface area contributed by atoms with Crippen LogP contribution >= 0.6 is 0 Å². The van der Waals surface area contributed by atoms with E-state index in [1.54, 1.807) is 24.3 Å². The number of hydrogen-bond acceptors (Lipinski definition) is 1. The summed E-state index contributed by atoms with van der Waals surface area (Å²) in [5.74, 6) is 1.08. The standard InChI is InChI=1S/C47H32O/c1-47(2)42-14-7-6-11-37(42)40-26-34-20-19-32(25-35(34)28-43(40)47)29-15-17-30(18-16-29)33-21-23-44-41(27-33)39-13-8-12-38-36(31-9-4-3-5-10-31)22-24-45(48-44)46(38)39/h3-28H,1-2H3/i3D,4D,5D,9D,10D,15D,16D,17D,18D. The molecule has 0 radical (unpaired) electrons. The topological polar surface area (TPSA) is 9.23 Å². The fourth-order valence-corrected chi connectivity index (χ4v) is 7.59. The van der Waals surface area contributed by atoms with Crippen molar-refractivity contribution in [2.45, 2.75) is 19.3 Å². The maximum Gasteiger partial charge on any atom is 0.135 e. The summed E-state index contributed by atoms with van der Waals surface area (Å²) < 4.78 is 85.1. The molecule has 8 aromatic rings. The fraction of sp³-hybridized carbons (Fsp3) is 0.0638. The van der Waals surface area contributed by atoms with E-state index in [1.807, 2.05) is 42.5 Å². The molecule has 8 aromatic carbocycles. The molecule has 48 heavy (non-hydrogen) atoms. The zero-order valence-corrected chi connectivity index (χ0v) is 26.2. The van der Waals surface area contributed by atoms with Crippen molar-refractivity contribution in [1.82, 2.24) is 0 Å². The van der Waals surface area contributed by atoms with E-state index in [1.165, 1.54) is 22.3 Å². The van der Waals surface area contributed by atoms with E-state index in [0.717, 1.165) is 16.3 Å². The Morgan fingerprint density at radius 2 is 1.19 bits per heavy atom. The molecule has 2 aliphatic rings. The lowest BCUT2D eigenvalue weighted by Crippen LogP contribution is -2.14. The second-order valence-corrected chi connectivity index (χ2v) is 13.0. The molecule has 0 saturated carbocycles. The van der Waals surface area contributed by atoms with Gasteiger partial charge in [-0.05, 0) is 114 Å². The van der Waals surface area contributed by atoms with E-state index >= 15 is 0 Å². The van der Waals surface area contributed by atoms with Crippen LogP contribution in [0.5, 0.6) is 11.5 Å². The van der Waals surface area contributed by atoms with Crippen LogP contribution in [0, 0.1) is 0 Å².